The van der Waals surface area contributed by atoms with Crippen molar-refractivity contribution in [2.24, 2.45) is 5.92 Å². The Morgan fingerprint density at radius 1 is 1.24 bits per heavy atom. The third kappa shape index (κ3) is 5.80. The normalized spacial score (nSPS) is 19.9. The number of benzene rings is 1. The number of alkyl halides is 3. The second-order valence-electron chi connectivity index (χ2n) is 8.15. The summed E-state index contributed by atoms with van der Waals surface area (Å²) in [5.41, 5.74) is 1.55. The van der Waals surface area contributed by atoms with E-state index >= 15 is 0 Å². The zero-order valence-corrected chi connectivity index (χ0v) is 18.3. The van der Waals surface area contributed by atoms with Crippen molar-refractivity contribution in [3.63, 3.8) is 0 Å². The fourth-order valence-corrected chi connectivity index (χ4v) is 4.55. The molecule has 1 N–H and O–H groups in total. The van der Waals surface area contributed by atoms with Crippen LogP contribution in [-0.2, 0) is 14.3 Å². The number of hydrogen-bond acceptors (Lipinski definition) is 5. The van der Waals surface area contributed by atoms with Crippen LogP contribution in [0.5, 0.6) is 0 Å². The van der Waals surface area contributed by atoms with Gasteiger partial charge in [-0.3, -0.25) is 9.78 Å². The van der Waals surface area contributed by atoms with E-state index in [1.54, 1.807) is 13.3 Å². The molecule has 1 unspecified atom stereocenters. The molecule has 1 aromatic carbocycles. The van der Waals surface area contributed by atoms with Crippen molar-refractivity contribution in [2.75, 3.05) is 33.4 Å². The highest BCUT2D eigenvalue weighted by atomic mass is 19.4. The van der Waals surface area contributed by atoms with Crippen LogP contribution < -0.4 is 0 Å². The first-order valence-electron chi connectivity index (χ1n) is 10.7. The SMILES string of the molecule is COCCC1CCOC12CCN(C(=O)c1ccnc3ccccc13)CC2.O=C(O)C(F)(F)F. The highest BCUT2D eigenvalue weighted by molar-refractivity contribution is 6.06. The molecule has 1 spiro atoms. The maximum atomic E-state index is 13.1. The minimum Gasteiger partial charge on any atom is -0.475 e. The lowest BCUT2D eigenvalue weighted by atomic mass is 9.78. The lowest BCUT2D eigenvalue weighted by Gasteiger charge is -2.42. The highest BCUT2D eigenvalue weighted by Gasteiger charge is 2.46. The van der Waals surface area contributed by atoms with E-state index in [0.29, 0.717) is 5.92 Å². The molecule has 1 amide bonds. The molecule has 2 aliphatic rings. The summed E-state index contributed by atoms with van der Waals surface area (Å²) in [7, 11) is 1.75. The number of rotatable bonds is 4. The maximum Gasteiger partial charge on any atom is 0.490 e. The molecule has 1 atom stereocenters. The quantitative estimate of drug-likeness (QED) is 0.732. The summed E-state index contributed by atoms with van der Waals surface area (Å²) in [6.45, 7) is 3.11. The van der Waals surface area contributed by atoms with Gasteiger partial charge < -0.3 is 19.5 Å². The topological polar surface area (TPSA) is 89.0 Å². The van der Waals surface area contributed by atoms with Gasteiger partial charge in [0.05, 0.1) is 16.7 Å². The van der Waals surface area contributed by atoms with Gasteiger partial charge in [0.25, 0.3) is 5.91 Å². The van der Waals surface area contributed by atoms with Gasteiger partial charge in [0.1, 0.15) is 0 Å². The Hall–Kier alpha value is -2.72. The van der Waals surface area contributed by atoms with Gasteiger partial charge in [-0.15, -0.1) is 0 Å². The van der Waals surface area contributed by atoms with Gasteiger partial charge in [-0.1, -0.05) is 18.2 Å². The first-order valence-corrected chi connectivity index (χ1v) is 10.7. The van der Waals surface area contributed by atoms with Gasteiger partial charge in [0.15, 0.2) is 0 Å². The summed E-state index contributed by atoms with van der Waals surface area (Å²) in [6.07, 6.45) is 0.611. The first kappa shape index (κ1) is 24.9. The lowest BCUT2D eigenvalue weighted by molar-refractivity contribution is -0.192. The van der Waals surface area contributed by atoms with E-state index in [4.69, 9.17) is 19.4 Å². The molecule has 180 valence electrons. The van der Waals surface area contributed by atoms with Crippen LogP contribution in [0.25, 0.3) is 10.9 Å². The number of amides is 1. The summed E-state index contributed by atoms with van der Waals surface area (Å²) in [5, 5.41) is 8.05. The first-order chi connectivity index (χ1) is 15.7. The summed E-state index contributed by atoms with van der Waals surface area (Å²) in [5.74, 6) is -2.11. The molecule has 33 heavy (non-hydrogen) atoms. The Morgan fingerprint density at radius 3 is 2.55 bits per heavy atom. The maximum absolute atomic E-state index is 13.1. The fraction of sp³-hybridized carbons (Fsp3) is 0.522. The highest BCUT2D eigenvalue weighted by Crippen LogP contribution is 2.42. The van der Waals surface area contributed by atoms with Crippen molar-refractivity contribution >= 4 is 22.8 Å². The monoisotopic (exact) mass is 468 g/mol. The number of hydrogen-bond donors (Lipinski definition) is 1. The van der Waals surface area contributed by atoms with E-state index in [0.717, 1.165) is 68.5 Å². The predicted octanol–water partition coefficient (Wildman–Crippen LogP) is 3.92. The smallest absolute Gasteiger partial charge is 0.475 e. The minimum absolute atomic E-state index is 0.0599. The molecular formula is C23H27F3N2O5. The van der Waals surface area contributed by atoms with Crippen molar-refractivity contribution in [3.8, 4) is 0 Å². The molecule has 0 saturated carbocycles. The zero-order chi connectivity index (χ0) is 24.1. The Morgan fingerprint density at radius 2 is 1.91 bits per heavy atom. The number of carbonyl (C=O) groups excluding carboxylic acids is 1. The van der Waals surface area contributed by atoms with Gasteiger partial charge in [-0.25, -0.2) is 4.79 Å². The van der Waals surface area contributed by atoms with E-state index in [1.165, 1.54) is 0 Å². The van der Waals surface area contributed by atoms with Gasteiger partial charge in [-0.2, -0.15) is 13.2 Å². The van der Waals surface area contributed by atoms with E-state index in [-0.39, 0.29) is 11.5 Å². The van der Waals surface area contributed by atoms with Crippen LogP contribution in [0.3, 0.4) is 0 Å². The summed E-state index contributed by atoms with van der Waals surface area (Å²) >= 11 is 0. The van der Waals surface area contributed by atoms with Crippen molar-refractivity contribution in [1.82, 2.24) is 9.88 Å². The zero-order valence-electron chi connectivity index (χ0n) is 18.3. The van der Waals surface area contributed by atoms with Crippen molar-refractivity contribution in [2.45, 2.75) is 37.5 Å². The minimum atomic E-state index is -5.08. The van der Waals surface area contributed by atoms with E-state index in [9.17, 15) is 18.0 Å². The number of ether oxygens (including phenoxy) is 2. The number of halogens is 3. The van der Waals surface area contributed by atoms with Crippen LogP contribution in [0.4, 0.5) is 13.2 Å². The van der Waals surface area contributed by atoms with Gasteiger partial charge in [-0.05, 0) is 43.7 Å². The van der Waals surface area contributed by atoms with Crippen LogP contribution in [0.1, 0.15) is 36.0 Å². The number of carbonyl (C=O) groups is 2. The van der Waals surface area contributed by atoms with E-state index in [1.807, 2.05) is 35.2 Å². The average Bonchev–Trinajstić information content (AvgIpc) is 3.18. The predicted molar refractivity (Wildman–Crippen MR) is 114 cm³/mol. The molecule has 2 aromatic rings. The van der Waals surface area contributed by atoms with E-state index < -0.39 is 12.1 Å². The second-order valence-corrected chi connectivity index (χ2v) is 8.15. The largest absolute Gasteiger partial charge is 0.490 e. The van der Waals surface area contributed by atoms with Crippen LogP contribution in [-0.4, -0.2) is 72.1 Å². The van der Waals surface area contributed by atoms with Gasteiger partial charge in [0.2, 0.25) is 0 Å². The Balaban J connectivity index is 0.000000383. The molecule has 0 bridgehead atoms. The number of piperidine rings is 1. The molecule has 10 heteroatoms. The number of carboxylic acids is 1. The molecule has 1 aromatic heterocycles. The Kier molecular flexibility index (Phi) is 7.91. The van der Waals surface area contributed by atoms with Crippen LogP contribution in [0.2, 0.25) is 0 Å². The number of aliphatic carboxylic acids is 1. The molecule has 4 rings (SSSR count). The average molecular weight is 468 g/mol. The van der Waals surface area contributed by atoms with Crippen LogP contribution in [0.15, 0.2) is 36.5 Å². The molecule has 0 aliphatic carbocycles. The number of para-hydroxylation sites is 1. The number of carboxylic acid groups (broad SMARTS) is 1. The number of pyridine rings is 1. The molecule has 2 aliphatic heterocycles. The number of fused-ring (bicyclic) bond motifs is 1. The number of aromatic nitrogens is 1. The molecular weight excluding hydrogens is 441 g/mol. The standard InChI is InChI=1S/C21H26N2O3.C2HF3O2/c1-25-14-7-16-8-15-26-21(16)9-12-23(13-10-21)20(24)18-6-11-22-19-5-3-2-4-17(18)19;3-2(4,5)1(6)7/h2-6,11,16H,7-10,12-15H2,1H3;(H,6,7). The second kappa shape index (κ2) is 10.5. The molecule has 2 fully saturated rings. The fourth-order valence-electron chi connectivity index (χ4n) is 4.55. The van der Waals surface area contributed by atoms with Crippen molar-refractivity contribution in [3.05, 3.63) is 42.1 Å². The summed E-state index contributed by atoms with van der Waals surface area (Å²) < 4.78 is 43.2. The van der Waals surface area contributed by atoms with Crippen molar-refractivity contribution in [1.29, 1.82) is 0 Å². The molecule has 3 heterocycles. The Bertz CT molecular complexity index is 969. The van der Waals surface area contributed by atoms with Gasteiger partial charge in [0, 0.05) is 45.0 Å². The third-order valence-corrected chi connectivity index (χ3v) is 6.29. The molecule has 7 nitrogen and oxygen atoms in total. The van der Waals surface area contributed by atoms with Crippen LogP contribution in [0, 0.1) is 5.92 Å². The lowest BCUT2D eigenvalue weighted by Crippen LogP contribution is -2.49. The number of methoxy groups -OCH3 is 1. The van der Waals surface area contributed by atoms with Crippen LogP contribution >= 0.6 is 0 Å². The van der Waals surface area contributed by atoms with E-state index in [2.05, 4.69) is 4.98 Å². The third-order valence-electron chi connectivity index (χ3n) is 6.29. The number of nitrogens with zero attached hydrogens (tertiary/aromatic N) is 2. The molecule has 0 radical (unpaired) electrons. The summed E-state index contributed by atoms with van der Waals surface area (Å²) in [4.78, 5) is 28.3. The number of likely N-dealkylation sites (tertiary alicyclic amines) is 1. The Labute approximate surface area is 189 Å². The van der Waals surface area contributed by atoms with Crippen molar-refractivity contribution < 1.29 is 37.3 Å². The summed E-state index contributed by atoms with van der Waals surface area (Å²) in [6, 6.07) is 9.67. The van der Waals surface area contributed by atoms with Gasteiger partial charge >= 0.3 is 12.1 Å². The molecule has 2 saturated heterocycles.